The fourth-order valence-corrected chi connectivity index (χ4v) is 4.41. The summed E-state index contributed by atoms with van der Waals surface area (Å²) in [6.45, 7) is 2.39. The molecule has 4 rings (SSSR count). The molecule has 0 aliphatic carbocycles. The molecule has 1 fully saturated rings. The Balaban J connectivity index is 1.69. The first-order valence-electron chi connectivity index (χ1n) is 11.4. The van der Waals surface area contributed by atoms with Gasteiger partial charge >= 0.3 is 0 Å². The Morgan fingerprint density at radius 2 is 1.85 bits per heavy atom. The fraction of sp³-hybridized carbons (Fsp3) is 0.333. The van der Waals surface area contributed by atoms with Gasteiger partial charge in [-0.25, -0.2) is 0 Å². The zero-order valence-corrected chi connectivity index (χ0v) is 19.0. The lowest BCUT2D eigenvalue weighted by atomic mass is 9.89. The van der Waals surface area contributed by atoms with Crippen molar-refractivity contribution in [3.05, 3.63) is 95.8 Å². The van der Waals surface area contributed by atoms with Crippen molar-refractivity contribution in [1.29, 1.82) is 0 Å². The monoisotopic (exact) mass is 446 g/mol. The molecule has 1 aromatic heterocycles. The summed E-state index contributed by atoms with van der Waals surface area (Å²) in [5.74, 6) is -0.0405. The van der Waals surface area contributed by atoms with Gasteiger partial charge in [0.2, 0.25) is 5.91 Å². The van der Waals surface area contributed by atoms with Gasteiger partial charge in [-0.05, 0) is 41.8 Å². The molecule has 33 heavy (non-hydrogen) atoms. The molecule has 0 saturated carbocycles. The number of hydrogen-bond donors (Lipinski definition) is 1. The molecule has 0 unspecified atom stereocenters. The van der Waals surface area contributed by atoms with E-state index in [1.54, 1.807) is 30.3 Å². The maximum absolute atomic E-state index is 14.1. The number of carbonyl (C=O) groups is 1. The molecule has 1 saturated heterocycles. The van der Waals surface area contributed by atoms with Gasteiger partial charge in [0.15, 0.2) is 6.23 Å². The van der Waals surface area contributed by atoms with Gasteiger partial charge in [0.05, 0.1) is 37.5 Å². The molecule has 1 aliphatic rings. The predicted molar refractivity (Wildman–Crippen MR) is 125 cm³/mol. The van der Waals surface area contributed by atoms with Crippen molar-refractivity contribution < 1.29 is 19.4 Å². The first-order valence-corrected chi connectivity index (χ1v) is 11.4. The van der Waals surface area contributed by atoms with E-state index in [2.05, 4.69) is 4.98 Å². The highest BCUT2D eigenvalue weighted by Crippen LogP contribution is 2.41. The third kappa shape index (κ3) is 4.92. The van der Waals surface area contributed by atoms with E-state index in [0.29, 0.717) is 30.0 Å². The lowest BCUT2D eigenvalue weighted by Crippen LogP contribution is -2.40. The van der Waals surface area contributed by atoms with Crippen LogP contribution in [0.2, 0.25) is 0 Å². The van der Waals surface area contributed by atoms with Crippen molar-refractivity contribution in [2.45, 2.75) is 38.1 Å². The van der Waals surface area contributed by atoms with Crippen molar-refractivity contribution in [2.75, 3.05) is 13.7 Å². The van der Waals surface area contributed by atoms with Gasteiger partial charge in [-0.3, -0.25) is 9.78 Å². The second kappa shape index (κ2) is 10.6. The molecular formula is C27H30N2O4. The Labute approximate surface area is 194 Å². The minimum Gasteiger partial charge on any atom is -0.497 e. The number of hydrogen-bond acceptors (Lipinski definition) is 5. The number of aliphatic hydroxyl groups excluding tert-OH is 1. The summed E-state index contributed by atoms with van der Waals surface area (Å²) >= 11 is 0. The summed E-state index contributed by atoms with van der Waals surface area (Å²) in [6.07, 6.45) is 1.48. The van der Waals surface area contributed by atoms with E-state index in [-0.39, 0.29) is 11.9 Å². The minimum absolute atomic E-state index is 0.137. The zero-order chi connectivity index (χ0) is 23.2. The number of rotatable bonds is 8. The van der Waals surface area contributed by atoms with Gasteiger partial charge in [0, 0.05) is 6.20 Å². The summed E-state index contributed by atoms with van der Waals surface area (Å²) in [5.41, 5.74) is 2.37. The predicted octanol–water partition coefficient (Wildman–Crippen LogP) is 4.84. The molecule has 1 amide bonds. The van der Waals surface area contributed by atoms with Crippen molar-refractivity contribution in [3.63, 3.8) is 0 Å². The van der Waals surface area contributed by atoms with Crippen LogP contribution in [-0.4, -0.2) is 34.6 Å². The topological polar surface area (TPSA) is 71.9 Å². The van der Waals surface area contributed by atoms with Crippen LogP contribution in [0.15, 0.2) is 79.0 Å². The number of benzene rings is 2. The number of methoxy groups -OCH3 is 1. The summed E-state index contributed by atoms with van der Waals surface area (Å²) in [6, 6.07) is 22.4. The molecule has 2 heterocycles. The van der Waals surface area contributed by atoms with E-state index < -0.39 is 18.2 Å². The highest BCUT2D eigenvalue weighted by Gasteiger charge is 2.44. The van der Waals surface area contributed by atoms with Crippen molar-refractivity contribution in [1.82, 2.24) is 9.88 Å². The Kier molecular flexibility index (Phi) is 7.37. The van der Waals surface area contributed by atoms with E-state index in [1.807, 2.05) is 67.6 Å². The standard InChI is InChI=1S/C27H30N2O4/c1-3-9-22(25(30)20-13-15-21(32-2)16-14-20)26(31)29-24(19-10-5-4-6-11-19)18-33-27(29)23-12-7-8-17-28-23/h4-8,10-17,22,24-25,27,30H,3,9,18H2,1-2H3/t22-,24+,25+,27-/m1/s1. The largest absolute Gasteiger partial charge is 0.497 e. The third-order valence-electron chi connectivity index (χ3n) is 6.14. The molecule has 0 spiro atoms. The zero-order valence-electron chi connectivity index (χ0n) is 19.0. The Morgan fingerprint density at radius 1 is 1.12 bits per heavy atom. The third-order valence-corrected chi connectivity index (χ3v) is 6.14. The van der Waals surface area contributed by atoms with E-state index >= 15 is 0 Å². The number of pyridine rings is 1. The van der Waals surface area contributed by atoms with Crippen molar-refractivity contribution >= 4 is 5.91 Å². The quantitative estimate of drug-likeness (QED) is 0.536. The number of aliphatic hydroxyl groups is 1. The van der Waals surface area contributed by atoms with Crippen LogP contribution in [-0.2, 0) is 9.53 Å². The molecular weight excluding hydrogens is 416 g/mol. The van der Waals surface area contributed by atoms with Crippen LogP contribution < -0.4 is 4.74 Å². The highest BCUT2D eigenvalue weighted by atomic mass is 16.5. The van der Waals surface area contributed by atoms with Crippen LogP contribution in [0, 0.1) is 5.92 Å². The average molecular weight is 447 g/mol. The Morgan fingerprint density at radius 3 is 2.48 bits per heavy atom. The van der Waals surface area contributed by atoms with Gasteiger partial charge in [-0.15, -0.1) is 0 Å². The number of amides is 1. The van der Waals surface area contributed by atoms with Crippen molar-refractivity contribution in [3.8, 4) is 5.75 Å². The van der Waals surface area contributed by atoms with E-state index in [4.69, 9.17) is 9.47 Å². The summed E-state index contributed by atoms with van der Waals surface area (Å²) in [5, 5.41) is 11.3. The maximum atomic E-state index is 14.1. The van der Waals surface area contributed by atoms with Crippen LogP contribution in [0.5, 0.6) is 5.75 Å². The first-order chi connectivity index (χ1) is 16.1. The Bertz CT molecular complexity index is 980. The van der Waals surface area contributed by atoms with E-state index in [0.717, 1.165) is 12.0 Å². The van der Waals surface area contributed by atoms with Crippen LogP contribution in [0.25, 0.3) is 0 Å². The maximum Gasteiger partial charge on any atom is 0.231 e. The van der Waals surface area contributed by atoms with Gasteiger partial charge in [0.25, 0.3) is 0 Å². The summed E-state index contributed by atoms with van der Waals surface area (Å²) in [7, 11) is 1.60. The number of carbonyl (C=O) groups excluding carboxylic acids is 1. The molecule has 1 aliphatic heterocycles. The number of aromatic nitrogens is 1. The molecule has 172 valence electrons. The molecule has 4 atom stereocenters. The normalized spacial score (nSPS) is 19.8. The highest BCUT2D eigenvalue weighted by molar-refractivity contribution is 5.81. The molecule has 0 bridgehead atoms. The Hall–Kier alpha value is -3.22. The molecule has 1 N–H and O–H groups in total. The SMILES string of the molecule is CCC[C@@H](C(=O)N1[C@@H](c2ccccn2)OC[C@H]1c1ccccc1)[C@@H](O)c1ccc(OC)cc1. The molecule has 6 nitrogen and oxygen atoms in total. The molecule has 3 aromatic rings. The summed E-state index contributed by atoms with van der Waals surface area (Å²) < 4.78 is 11.4. The second-order valence-electron chi connectivity index (χ2n) is 8.23. The number of ether oxygens (including phenoxy) is 2. The summed E-state index contributed by atoms with van der Waals surface area (Å²) in [4.78, 5) is 20.3. The minimum atomic E-state index is -0.940. The number of nitrogens with zero attached hydrogens (tertiary/aromatic N) is 2. The van der Waals surface area contributed by atoms with Gasteiger partial charge in [-0.1, -0.05) is 61.9 Å². The fourth-order valence-electron chi connectivity index (χ4n) is 4.41. The van der Waals surface area contributed by atoms with E-state index in [1.165, 1.54) is 0 Å². The van der Waals surface area contributed by atoms with E-state index in [9.17, 15) is 9.90 Å². The van der Waals surface area contributed by atoms with Crippen LogP contribution in [0.4, 0.5) is 0 Å². The van der Waals surface area contributed by atoms with Gasteiger partial charge < -0.3 is 19.5 Å². The second-order valence-corrected chi connectivity index (χ2v) is 8.23. The van der Waals surface area contributed by atoms with Crippen molar-refractivity contribution in [2.24, 2.45) is 5.92 Å². The van der Waals surface area contributed by atoms with Crippen LogP contribution >= 0.6 is 0 Å². The van der Waals surface area contributed by atoms with Crippen LogP contribution in [0.1, 0.15) is 55.0 Å². The van der Waals surface area contributed by atoms with Gasteiger partial charge in [-0.2, -0.15) is 0 Å². The lowest BCUT2D eigenvalue weighted by Gasteiger charge is -2.33. The molecule has 2 aromatic carbocycles. The van der Waals surface area contributed by atoms with Crippen LogP contribution in [0.3, 0.4) is 0 Å². The smallest absolute Gasteiger partial charge is 0.231 e. The molecule has 6 heteroatoms. The molecule has 0 radical (unpaired) electrons. The average Bonchev–Trinajstić information content (AvgIpc) is 3.33. The first kappa shape index (κ1) is 23.0. The lowest BCUT2D eigenvalue weighted by molar-refractivity contribution is -0.147. The van der Waals surface area contributed by atoms with Gasteiger partial charge in [0.1, 0.15) is 5.75 Å².